The van der Waals surface area contributed by atoms with Crippen molar-refractivity contribution in [2.24, 2.45) is 0 Å². The van der Waals surface area contributed by atoms with Crippen LogP contribution in [0.4, 0.5) is 0 Å². The molecular weight excluding hydrogens is 328 g/mol. The van der Waals surface area contributed by atoms with Crippen LogP contribution in [-0.4, -0.2) is 33.8 Å². The summed E-state index contributed by atoms with van der Waals surface area (Å²) in [7, 11) is 0. The molecule has 0 atom stereocenters. The van der Waals surface area contributed by atoms with Gasteiger partial charge in [-0.1, -0.05) is 17.7 Å². The first-order valence-corrected chi connectivity index (χ1v) is 9.46. The zero-order valence-electron chi connectivity index (χ0n) is 14.8. The van der Waals surface area contributed by atoms with E-state index in [9.17, 15) is 9.59 Å². The minimum atomic E-state index is -0.226. The second-order valence-electron chi connectivity index (χ2n) is 7.10. The van der Waals surface area contributed by atoms with Crippen LogP contribution < -0.4 is 10.6 Å². The first kappa shape index (κ1) is 16.8. The number of carbonyl (C=O) groups excluding carboxylic acids is 2. The number of hydrogen-bond donors (Lipinski definition) is 2. The monoisotopic (exact) mass is 352 g/mol. The molecule has 4 rings (SSSR count). The lowest BCUT2D eigenvalue weighted by Gasteiger charge is -2.12. The first-order chi connectivity index (χ1) is 12.7. The number of amides is 2. The minimum Gasteiger partial charge on any atom is -0.350 e. The smallest absolute Gasteiger partial charge is 0.287 e. The molecule has 2 aromatic rings. The van der Waals surface area contributed by atoms with E-state index in [0.29, 0.717) is 17.8 Å². The van der Waals surface area contributed by atoms with E-state index in [-0.39, 0.29) is 23.7 Å². The second kappa shape index (κ2) is 7.32. The van der Waals surface area contributed by atoms with Crippen LogP contribution in [0, 0.1) is 0 Å². The highest BCUT2D eigenvalue weighted by atomic mass is 16.2. The Morgan fingerprint density at radius 2 is 2.08 bits per heavy atom. The van der Waals surface area contributed by atoms with Crippen LogP contribution in [0.3, 0.4) is 0 Å². The average Bonchev–Trinajstić information content (AvgIpc) is 3.39. The summed E-state index contributed by atoms with van der Waals surface area (Å²) in [5.41, 5.74) is 2.39. The fraction of sp³-hybridized carbons (Fsp3) is 0.450. The molecule has 0 bridgehead atoms. The molecule has 6 nitrogen and oxygen atoms in total. The average molecular weight is 352 g/mol. The number of nitrogens with one attached hydrogen (secondary N) is 2. The highest BCUT2D eigenvalue weighted by Crippen LogP contribution is 2.21. The van der Waals surface area contributed by atoms with Crippen LogP contribution in [0.1, 0.15) is 66.1 Å². The Kier molecular flexibility index (Phi) is 4.73. The molecule has 0 saturated heterocycles. The number of pyridine rings is 1. The molecular formula is C20H24N4O2. The van der Waals surface area contributed by atoms with E-state index in [0.717, 1.165) is 32.1 Å². The van der Waals surface area contributed by atoms with Gasteiger partial charge in [-0.15, -0.1) is 0 Å². The van der Waals surface area contributed by atoms with Gasteiger partial charge in [0.2, 0.25) is 5.82 Å². The summed E-state index contributed by atoms with van der Waals surface area (Å²) in [5.74, 6) is -0.177. The van der Waals surface area contributed by atoms with Gasteiger partial charge in [-0.05, 0) is 57.1 Å². The van der Waals surface area contributed by atoms with Crippen molar-refractivity contribution in [3.8, 4) is 0 Å². The third-order valence-corrected chi connectivity index (χ3v) is 5.00. The normalized spacial score (nSPS) is 17.0. The van der Waals surface area contributed by atoms with Gasteiger partial charge in [0.25, 0.3) is 11.8 Å². The molecule has 2 heterocycles. The predicted molar refractivity (Wildman–Crippen MR) is 99.2 cm³/mol. The maximum Gasteiger partial charge on any atom is 0.287 e. The second-order valence-corrected chi connectivity index (χ2v) is 7.10. The summed E-state index contributed by atoms with van der Waals surface area (Å²) in [4.78, 5) is 29.4. The van der Waals surface area contributed by atoms with Crippen LogP contribution in [0.5, 0.6) is 0 Å². The molecule has 26 heavy (non-hydrogen) atoms. The summed E-state index contributed by atoms with van der Waals surface area (Å²) in [6.45, 7) is 0.597. The molecule has 6 heteroatoms. The van der Waals surface area contributed by atoms with Gasteiger partial charge in [0, 0.05) is 18.8 Å². The van der Waals surface area contributed by atoms with E-state index in [2.05, 4.69) is 21.7 Å². The molecule has 2 aliphatic rings. The van der Waals surface area contributed by atoms with Crippen LogP contribution in [0.25, 0.3) is 5.52 Å². The molecule has 2 aromatic heterocycles. The Labute approximate surface area is 152 Å². The fourth-order valence-corrected chi connectivity index (χ4v) is 3.39. The van der Waals surface area contributed by atoms with Crippen LogP contribution in [-0.2, 0) is 0 Å². The molecule has 1 fully saturated rings. The molecule has 136 valence electrons. The SMILES string of the molecule is O=C(NCCC1=CCCCC1)c1nc(C(=O)NC2CC2)n2ccccc12. The molecule has 0 aliphatic heterocycles. The molecule has 0 unspecified atom stereocenters. The number of rotatable bonds is 6. The topological polar surface area (TPSA) is 75.5 Å². The van der Waals surface area contributed by atoms with E-state index >= 15 is 0 Å². The number of aromatic nitrogens is 2. The summed E-state index contributed by atoms with van der Waals surface area (Å²) in [6, 6.07) is 5.75. The molecule has 0 radical (unpaired) electrons. The van der Waals surface area contributed by atoms with Gasteiger partial charge >= 0.3 is 0 Å². The van der Waals surface area contributed by atoms with Gasteiger partial charge in [0.1, 0.15) is 0 Å². The van der Waals surface area contributed by atoms with E-state index in [1.807, 2.05) is 18.2 Å². The number of fused-ring (bicyclic) bond motifs is 1. The van der Waals surface area contributed by atoms with E-state index in [1.165, 1.54) is 18.4 Å². The van der Waals surface area contributed by atoms with Crippen molar-refractivity contribution in [3.63, 3.8) is 0 Å². The Bertz CT molecular complexity index is 864. The van der Waals surface area contributed by atoms with Gasteiger partial charge in [-0.2, -0.15) is 0 Å². The Morgan fingerprint density at radius 1 is 1.19 bits per heavy atom. The predicted octanol–water partition coefficient (Wildman–Crippen LogP) is 2.85. The van der Waals surface area contributed by atoms with Gasteiger partial charge in [0.05, 0.1) is 5.52 Å². The van der Waals surface area contributed by atoms with Crippen LogP contribution in [0.15, 0.2) is 36.0 Å². The van der Waals surface area contributed by atoms with E-state index < -0.39 is 0 Å². The molecule has 2 N–H and O–H groups in total. The van der Waals surface area contributed by atoms with E-state index in [4.69, 9.17) is 0 Å². The molecule has 0 aromatic carbocycles. The van der Waals surface area contributed by atoms with Crippen LogP contribution >= 0.6 is 0 Å². The minimum absolute atomic E-state index is 0.222. The summed E-state index contributed by atoms with van der Waals surface area (Å²) in [5, 5.41) is 5.90. The summed E-state index contributed by atoms with van der Waals surface area (Å²) in [6.07, 6.45) is 11.8. The number of hydrogen-bond acceptors (Lipinski definition) is 3. The maximum absolute atomic E-state index is 12.6. The maximum atomic E-state index is 12.6. The zero-order chi connectivity index (χ0) is 17.9. The molecule has 0 spiro atoms. The van der Waals surface area contributed by atoms with Gasteiger partial charge < -0.3 is 10.6 Å². The van der Waals surface area contributed by atoms with Crippen molar-refractivity contribution in [2.45, 2.75) is 51.0 Å². The van der Waals surface area contributed by atoms with E-state index in [1.54, 1.807) is 10.6 Å². The van der Waals surface area contributed by atoms with Gasteiger partial charge in [-0.25, -0.2) is 4.98 Å². The molecule has 2 aliphatic carbocycles. The highest BCUT2D eigenvalue weighted by Gasteiger charge is 2.27. The summed E-state index contributed by atoms with van der Waals surface area (Å²) < 4.78 is 1.69. The lowest BCUT2D eigenvalue weighted by molar-refractivity contribution is 0.0940. The first-order valence-electron chi connectivity index (χ1n) is 9.46. The van der Waals surface area contributed by atoms with Crippen molar-refractivity contribution >= 4 is 17.3 Å². The van der Waals surface area contributed by atoms with Gasteiger partial charge in [-0.3, -0.25) is 14.0 Å². The fourth-order valence-electron chi connectivity index (χ4n) is 3.39. The number of allylic oxidation sites excluding steroid dienone is 1. The third kappa shape index (κ3) is 3.64. The summed E-state index contributed by atoms with van der Waals surface area (Å²) >= 11 is 0. The third-order valence-electron chi connectivity index (χ3n) is 5.00. The lowest BCUT2D eigenvalue weighted by Crippen LogP contribution is -2.28. The molecule has 1 saturated carbocycles. The van der Waals surface area contributed by atoms with Crippen molar-refractivity contribution in [1.82, 2.24) is 20.0 Å². The van der Waals surface area contributed by atoms with Gasteiger partial charge in [0.15, 0.2) is 5.69 Å². The quantitative estimate of drug-likeness (QED) is 0.785. The lowest BCUT2D eigenvalue weighted by atomic mass is 9.97. The van der Waals surface area contributed by atoms with Crippen molar-refractivity contribution in [3.05, 3.63) is 47.6 Å². The van der Waals surface area contributed by atoms with Crippen molar-refractivity contribution < 1.29 is 9.59 Å². The Hall–Kier alpha value is -2.63. The standard InChI is InChI=1S/C20H24N4O2/c25-19(21-12-11-14-6-2-1-3-7-14)17-16-8-4-5-13-24(16)18(23-17)20(26)22-15-9-10-15/h4-6,8,13,15H,1-3,7,9-12H2,(H,21,25)(H,22,26). The Morgan fingerprint density at radius 3 is 2.85 bits per heavy atom. The number of carbonyl (C=O) groups is 2. The molecule has 2 amide bonds. The largest absolute Gasteiger partial charge is 0.350 e. The number of nitrogens with zero attached hydrogens (tertiary/aromatic N) is 2. The zero-order valence-corrected chi connectivity index (χ0v) is 14.8. The van der Waals surface area contributed by atoms with Crippen molar-refractivity contribution in [1.29, 1.82) is 0 Å². The highest BCUT2D eigenvalue weighted by molar-refractivity contribution is 6.02. The Balaban J connectivity index is 1.48. The van der Waals surface area contributed by atoms with Crippen molar-refractivity contribution in [2.75, 3.05) is 6.54 Å². The number of imidazole rings is 1. The van der Waals surface area contributed by atoms with Crippen LogP contribution in [0.2, 0.25) is 0 Å².